The molecule has 0 spiro atoms. The lowest BCUT2D eigenvalue weighted by Gasteiger charge is -2.36. The molecule has 0 fully saturated rings. The molecule has 1 aromatic rings. The van der Waals surface area contributed by atoms with Crippen LogP contribution >= 0.6 is 11.6 Å². The summed E-state index contributed by atoms with van der Waals surface area (Å²) in [6.45, 7) is 11.6. The fraction of sp³-hybridized carbons (Fsp3) is 0.615. The number of nitrogens with zero attached hydrogens (tertiary/aromatic N) is 1. The van der Waals surface area contributed by atoms with Crippen LogP contribution in [0.3, 0.4) is 0 Å². The van der Waals surface area contributed by atoms with Crippen molar-refractivity contribution in [2.45, 2.75) is 38.9 Å². The molecule has 0 aliphatic heterocycles. The molecule has 0 aromatic carbocycles. The van der Waals surface area contributed by atoms with Crippen molar-refractivity contribution < 1.29 is 13.6 Å². The lowest BCUT2D eigenvalue weighted by atomic mass is 10.2. The highest BCUT2D eigenvalue weighted by Gasteiger charge is 2.36. The lowest BCUT2D eigenvalue weighted by molar-refractivity contribution is 0.198. The molecular weight excluding hydrogens is 285 g/mol. The fourth-order valence-corrected chi connectivity index (χ4v) is 2.34. The molecule has 0 unspecified atom stereocenters. The standard InChI is InChI=1S/C13H21ClFNO2Si/c1-13(2,3)19(4,5)18-7-6-17-11-9-16-12(14)8-10(11)15/h8-9H,6-7H2,1-5H3. The van der Waals surface area contributed by atoms with Crippen LogP contribution in [0, 0.1) is 5.82 Å². The van der Waals surface area contributed by atoms with Crippen LogP contribution in [-0.4, -0.2) is 26.5 Å². The van der Waals surface area contributed by atoms with Gasteiger partial charge in [-0.2, -0.15) is 0 Å². The third-order valence-electron chi connectivity index (χ3n) is 3.40. The third-order valence-corrected chi connectivity index (χ3v) is 8.14. The van der Waals surface area contributed by atoms with Crippen LogP contribution in [0.1, 0.15) is 20.8 Å². The van der Waals surface area contributed by atoms with Gasteiger partial charge in [-0.1, -0.05) is 32.4 Å². The molecule has 19 heavy (non-hydrogen) atoms. The molecule has 0 amide bonds. The summed E-state index contributed by atoms with van der Waals surface area (Å²) in [4.78, 5) is 3.78. The zero-order valence-electron chi connectivity index (χ0n) is 12.1. The maximum Gasteiger partial charge on any atom is 0.192 e. The molecule has 0 N–H and O–H groups in total. The van der Waals surface area contributed by atoms with E-state index in [0.29, 0.717) is 13.2 Å². The minimum Gasteiger partial charge on any atom is -0.487 e. The van der Waals surface area contributed by atoms with Crippen molar-refractivity contribution in [3.05, 3.63) is 23.2 Å². The van der Waals surface area contributed by atoms with Crippen LogP contribution in [0.5, 0.6) is 5.75 Å². The Morgan fingerprint density at radius 2 is 1.95 bits per heavy atom. The Morgan fingerprint density at radius 1 is 1.32 bits per heavy atom. The predicted molar refractivity (Wildman–Crippen MR) is 77.8 cm³/mol. The zero-order chi connectivity index (χ0) is 14.7. The van der Waals surface area contributed by atoms with Gasteiger partial charge in [-0.05, 0) is 18.1 Å². The van der Waals surface area contributed by atoms with Crippen molar-refractivity contribution in [3.63, 3.8) is 0 Å². The number of pyridine rings is 1. The van der Waals surface area contributed by atoms with Crippen molar-refractivity contribution in [1.29, 1.82) is 0 Å². The molecule has 0 aliphatic rings. The quantitative estimate of drug-likeness (QED) is 0.462. The Morgan fingerprint density at radius 3 is 2.47 bits per heavy atom. The van der Waals surface area contributed by atoms with E-state index in [1.807, 2.05) is 0 Å². The Balaban J connectivity index is 2.43. The van der Waals surface area contributed by atoms with Gasteiger partial charge in [0.15, 0.2) is 19.9 Å². The summed E-state index contributed by atoms with van der Waals surface area (Å²) in [5.74, 6) is -0.407. The molecule has 0 saturated carbocycles. The summed E-state index contributed by atoms with van der Waals surface area (Å²) in [6, 6.07) is 1.13. The second-order valence-corrected chi connectivity index (χ2v) is 11.1. The van der Waals surface area contributed by atoms with Crippen molar-refractivity contribution >= 4 is 19.9 Å². The van der Waals surface area contributed by atoms with Gasteiger partial charge in [0.2, 0.25) is 0 Å². The zero-order valence-corrected chi connectivity index (χ0v) is 13.8. The second kappa shape index (κ2) is 6.20. The average Bonchev–Trinajstić information content (AvgIpc) is 2.25. The van der Waals surface area contributed by atoms with Gasteiger partial charge < -0.3 is 9.16 Å². The van der Waals surface area contributed by atoms with Crippen molar-refractivity contribution in [1.82, 2.24) is 4.98 Å². The normalized spacial score (nSPS) is 12.6. The topological polar surface area (TPSA) is 31.4 Å². The van der Waals surface area contributed by atoms with E-state index in [-0.39, 0.29) is 15.9 Å². The highest BCUT2D eigenvalue weighted by atomic mass is 35.5. The summed E-state index contributed by atoms with van der Waals surface area (Å²) < 4.78 is 24.6. The first kappa shape index (κ1) is 16.4. The van der Waals surface area contributed by atoms with E-state index in [1.54, 1.807) is 0 Å². The lowest BCUT2D eigenvalue weighted by Crippen LogP contribution is -2.41. The molecule has 1 rings (SSSR count). The largest absolute Gasteiger partial charge is 0.487 e. The van der Waals surface area contributed by atoms with Gasteiger partial charge in [-0.15, -0.1) is 0 Å². The number of aromatic nitrogens is 1. The van der Waals surface area contributed by atoms with Crippen LogP contribution < -0.4 is 4.74 Å². The van der Waals surface area contributed by atoms with Crippen molar-refractivity contribution in [2.75, 3.05) is 13.2 Å². The highest BCUT2D eigenvalue weighted by Crippen LogP contribution is 2.36. The van der Waals surface area contributed by atoms with Crippen LogP contribution in [0.4, 0.5) is 4.39 Å². The van der Waals surface area contributed by atoms with E-state index < -0.39 is 14.1 Å². The average molecular weight is 306 g/mol. The highest BCUT2D eigenvalue weighted by molar-refractivity contribution is 6.74. The summed E-state index contributed by atoms with van der Waals surface area (Å²) in [6.07, 6.45) is 1.28. The van der Waals surface area contributed by atoms with Gasteiger partial charge in [0.25, 0.3) is 0 Å². The second-order valence-electron chi connectivity index (χ2n) is 5.89. The SMILES string of the molecule is CC(C)(C)[Si](C)(C)OCCOc1cnc(Cl)cc1F. The van der Waals surface area contributed by atoms with Crippen LogP contribution in [-0.2, 0) is 4.43 Å². The van der Waals surface area contributed by atoms with E-state index in [2.05, 4.69) is 38.8 Å². The molecule has 3 nitrogen and oxygen atoms in total. The summed E-state index contributed by atoms with van der Waals surface area (Å²) in [5, 5.41) is 0.266. The van der Waals surface area contributed by atoms with Gasteiger partial charge in [0.1, 0.15) is 11.8 Å². The molecule has 6 heteroatoms. The Labute approximate surface area is 120 Å². The van der Waals surface area contributed by atoms with Crippen LogP contribution in [0.2, 0.25) is 23.3 Å². The van der Waals surface area contributed by atoms with Gasteiger partial charge in [0, 0.05) is 6.07 Å². The minimum atomic E-state index is -1.78. The first-order valence-corrected chi connectivity index (χ1v) is 9.50. The van der Waals surface area contributed by atoms with E-state index in [0.717, 1.165) is 6.07 Å². The maximum atomic E-state index is 13.4. The molecule has 0 atom stereocenters. The molecule has 0 aliphatic carbocycles. The molecule has 1 aromatic heterocycles. The van der Waals surface area contributed by atoms with Crippen LogP contribution in [0.15, 0.2) is 12.3 Å². The fourth-order valence-electron chi connectivity index (χ4n) is 1.17. The number of ether oxygens (including phenoxy) is 1. The molecule has 108 valence electrons. The predicted octanol–water partition coefficient (Wildman–Crippen LogP) is 4.27. The minimum absolute atomic E-state index is 0.100. The number of hydrogen-bond acceptors (Lipinski definition) is 3. The molecule has 0 saturated heterocycles. The van der Waals surface area contributed by atoms with Crippen molar-refractivity contribution in [3.8, 4) is 5.75 Å². The smallest absolute Gasteiger partial charge is 0.192 e. The molecular formula is C13H21ClFNO2Si. The molecule has 0 bridgehead atoms. The van der Waals surface area contributed by atoms with E-state index in [1.165, 1.54) is 6.20 Å². The number of halogens is 2. The molecule has 1 heterocycles. The van der Waals surface area contributed by atoms with Crippen molar-refractivity contribution in [2.24, 2.45) is 0 Å². The van der Waals surface area contributed by atoms with E-state index >= 15 is 0 Å². The van der Waals surface area contributed by atoms with Crippen LogP contribution in [0.25, 0.3) is 0 Å². The monoisotopic (exact) mass is 305 g/mol. The summed E-state index contributed by atoms with van der Waals surface area (Å²) >= 11 is 5.56. The Hall–Kier alpha value is -0.653. The first-order chi connectivity index (χ1) is 8.63. The van der Waals surface area contributed by atoms with Gasteiger partial charge in [-0.25, -0.2) is 9.37 Å². The van der Waals surface area contributed by atoms with Gasteiger partial charge >= 0.3 is 0 Å². The first-order valence-electron chi connectivity index (χ1n) is 6.21. The third kappa shape index (κ3) is 4.74. The number of hydrogen-bond donors (Lipinski definition) is 0. The van der Waals surface area contributed by atoms with E-state index in [9.17, 15) is 4.39 Å². The maximum absolute atomic E-state index is 13.4. The Bertz CT molecular complexity index is 435. The molecule has 0 radical (unpaired) electrons. The summed E-state index contributed by atoms with van der Waals surface area (Å²) in [7, 11) is -1.78. The van der Waals surface area contributed by atoms with Gasteiger partial charge in [0.05, 0.1) is 12.8 Å². The van der Waals surface area contributed by atoms with Gasteiger partial charge in [-0.3, -0.25) is 0 Å². The summed E-state index contributed by atoms with van der Waals surface area (Å²) in [5.41, 5.74) is 0. The Kier molecular flexibility index (Phi) is 5.35. The number of rotatable bonds is 5. The van der Waals surface area contributed by atoms with E-state index in [4.69, 9.17) is 20.8 Å².